The Morgan fingerprint density at radius 3 is 1.39 bits per heavy atom. The van der Waals surface area contributed by atoms with Gasteiger partial charge in [0.15, 0.2) is 0 Å². The highest BCUT2D eigenvalue weighted by Gasteiger charge is 2.34. The van der Waals surface area contributed by atoms with Crippen molar-refractivity contribution in [3.63, 3.8) is 0 Å². The molecule has 1 fully saturated rings. The van der Waals surface area contributed by atoms with E-state index in [1.54, 1.807) is 0 Å². The highest BCUT2D eigenvalue weighted by Crippen LogP contribution is 2.28. The zero-order valence-electron chi connectivity index (χ0n) is 17.9. The Hall–Kier alpha value is -2.94. The standard InChI is InChI=1S/C19H22N4O8S2/c1-14-4-6-16(22(24)25)12-18(14)32(28,29)20-8-3-9-21(11-10-20)33(30,31)19-13-17(23(26)27)7-5-15(19)2/h4-7,12-13H,3,8-11H2,1-2H3. The van der Waals surface area contributed by atoms with E-state index < -0.39 is 29.9 Å². The van der Waals surface area contributed by atoms with Gasteiger partial charge in [0.25, 0.3) is 11.4 Å². The predicted octanol–water partition coefficient (Wildman–Crippen LogP) is 2.21. The molecule has 0 aliphatic carbocycles. The Balaban J connectivity index is 1.89. The molecular formula is C19H22N4O8S2. The summed E-state index contributed by atoms with van der Waals surface area (Å²) in [4.78, 5) is 20.4. The van der Waals surface area contributed by atoms with Gasteiger partial charge in [-0.05, 0) is 31.4 Å². The topological polar surface area (TPSA) is 161 Å². The lowest BCUT2D eigenvalue weighted by atomic mass is 10.2. The van der Waals surface area contributed by atoms with Crippen molar-refractivity contribution in [3.8, 4) is 0 Å². The lowest BCUT2D eigenvalue weighted by molar-refractivity contribution is -0.385. The molecule has 0 unspecified atom stereocenters. The van der Waals surface area contributed by atoms with E-state index >= 15 is 0 Å². The van der Waals surface area contributed by atoms with Crippen LogP contribution in [0.1, 0.15) is 17.5 Å². The van der Waals surface area contributed by atoms with Crippen molar-refractivity contribution in [1.29, 1.82) is 0 Å². The molecule has 1 heterocycles. The maximum atomic E-state index is 13.2. The second kappa shape index (κ2) is 9.13. The van der Waals surface area contributed by atoms with Crippen molar-refractivity contribution in [2.45, 2.75) is 30.1 Å². The molecule has 0 saturated carbocycles. The van der Waals surface area contributed by atoms with Crippen molar-refractivity contribution < 1.29 is 26.7 Å². The van der Waals surface area contributed by atoms with Crippen LogP contribution in [-0.2, 0) is 20.0 Å². The van der Waals surface area contributed by atoms with Crippen LogP contribution in [-0.4, -0.2) is 61.5 Å². The minimum absolute atomic E-state index is 0.0183. The monoisotopic (exact) mass is 498 g/mol. The fourth-order valence-electron chi connectivity index (χ4n) is 3.59. The highest BCUT2D eigenvalue weighted by atomic mass is 32.2. The predicted molar refractivity (Wildman–Crippen MR) is 118 cm³/mol. The SMILES string of the molecule is Cc1ccc([N+](=O)[O-])cc1S(=O)(=O)N1CCCN(S(=O)(=O)c2cc([N+](=O)[O-])ccc2C)CC1. The number of nitrogens with zero attached hydrogens (tertiary/aromatic N) is 4. The van der Waals surface area contributed by atoms with E-state index in [4.69, 9.17) is 0 Å². The maximum absolute atomic E-state index is 13.2. The second-order valence-electron chi connectivity index (χ2n) is 7.58. The van der Waals surface area contributed by atoms with E-state index in [0.29, 0.717) is 11.1 Å². The summed E-state index contributed by atoms with van der Waals surface area (Å²) in [6, 6.07) is 7.13. The molecule has 0 aromatic heterocycles. The van der Waals surface area contributed by atoms with Gasteiger partial charge in [-0.25, -0.2) is 16.8 Å². The summed E-state index contributed by atoms with van der Waals surface area (Å²) in [5.41, 5.74) is -0.0539. The van der Waals surface area contributed by atoms with E-state index in [1.807, 2.05) is 0 Å². The normalized spacial score (nSPS) is 16.3. The molecule has 1 aliphatic heterocycles. The van der Waals surface area contributed by atoms with Gasteiger partial charge in [0.1, 0.15) is 0 Å². The molecule has 3 rings (SSSR count). The molecule has 0 radical (unpaired) electrons. The molecule has 0 atom stereocenters. The van der Waals surface area contributed by atoms with Gasteiger partial charge in [0.05, 0.1) is 19.6 Å². The third kappa shape index (κ3) is 4.88. The quantitative estimate of drug-likeness (QED) is 0.432. The van der Waals surface area contributed by atoms with E-state index in [-0.39, 0.29) is 53.8 Å². The minimum Gasteiger partial charge on any atom is -0.258 e. The number of nitro benzene ring substituents is 2. The van der Waals surface area contributed by atoms with Crippen molar-refractivity contribution in [2.24, 2.45) is 0 Å². The molecule has 2 aromatic rings. The third-order valence-electron chi connectivity index (χ3n) is 5.41. The number of sulfonamides is 2. The molecule has 0 spiro atoms. The minimum atomic E-state index is -4.11. The fourth-order valence-corrected chi connectivity index (χ4v) is 7.02. The molecule has 33 heavy (non-hydrogen) atoms. The Labute approximate surface area is 190 Å². The number of non-ortho nitro benzene ring substituents is 2. The molecule has 2 aromatic carbocycles. The molecule has 0 amide bonds. The summed E-state index contributed by atoms with van der Waals surface area (Å²) >= 11 is 0. The first-order chi connectivity index (χ1) is 15.4. The summed E-state index contributed by atoms with van der Waals surface area (Å²) in [5, 5.41) is 22.2. The Kier molecular flexibility index (Phi) is 6.83. The second-order valence-corrected chi connectivity index (χ2v) is 11.4. The number of hydrogen-bond acceptors (Lipinski definition) is 8. The average Bonchev–Trinajstić information content (AvgIpc) is 3.01. The van der Waals surface area contributed by atoms with Gasteiger partial charge in [-0.1, -0.05) is 12.1 Å². The van der Waals surface area contributed by atoms with Crippen LogP contribution in [0, 0.1) is 34.1 Å². The lowest BCUT2D eigenvalue weighted by Crippen LogP contribution is -2.37. The van der Waals surface area contributed by atoms with Crippen LogP contribution in [0.4, 0.5) is 11.4 Å². The van der Waals surface area contributed by atoms with Crippen LogP contribution < -0.4 is 0 Å². The van der Waals surface area contributed by atoms with Crippen LogP contribution in [0.2, 0.25) is 0 Å². The zero-order chi connectivity index (χ0) is 24.6. The van der Waals surface area contributed by atoms with Gasteiger partial charge in [-0.3, -0.25) is 20.2 Å². The highest BCUT2D eigenvalue weighted by molar-refractivity contribution is 7.89. The molecule has 0 bridgehead atoms. The first-order valence-corrected chi connectivity index (χ1v) is 12.7. The van der Waals surface area contributed by atoms with Gasteiger partial charge in [-0.15, -0.1) is 0 Å². The average molecular weight is 499 g/mol. The Morgan fingerprint density at radius 2 is 1.06 bits per heavy atom. The number of benzene rings is 2. The smallest absolute Gasteiger partial charge is 0.258 e. The molecule has 12 nitrogen and oxygen atoms in total. The first-order valence-electron chi connectivity index (χ1n) is 9.86. The zero-order valence-corrected chi connectivity index (χ0v) is 19.5. The van der Waals surface area contributed by atoms with Gasteiger partial charge in [0, 0.05) is 50.4 Å². The number of aryl methyl sites for hydroxylation is 2. The lowest BCUT2D eigenvalue weighted by Gasteiger charge is -2.22. The fraction of sp³-hybridized carbons (Fsp3) is 0.368. The van der Waals surface area contributed by atoms with Crippen molar-refractivity contribution in [1.82, 2.24) is 8.61 Å². The van der Waals surface area contributed by atoms with Gasteiger partial charge >= 0.3 is 0 Å². The van der Waals surface area contributed by atoms with Crippen LogP contribution >= 0.6 is 0 Å². The van der Waals surface area contributed by atoms with E-state index in [1.165, 1.54) is 38.1 Å². The molecule has 1 aliphatic rings. The molecule has 1 saturated heterocycles. The number of rotatable bonds is 6. The molecular weight excluding hydrogens is 476 g/mol. The molecule has 178 valence electrons. The summed E-state index contributed by atoms with van der Waals surface area (Å²) in [6.07, 6.45) is 0.181. The summed E-state index contributed by atoms with van der Waals surface area (Å²) < 4.78 is 55.0. The summed E-state index contributed by atoms with van der Waals surface area (Å²) in [5.74, 6) is 0. The summed E-state index contributed by atoms with van der Waals surface area (Å²) in [7, 11) is -8.23. The van der Waals surface area contributed by atoms with E-state index in [2.05, 4.69) is 0 Å². The third-order valence-corrected chi connectivity index (χ3v) is 9.50. The van der Waals surface area contributed by atoms with Gasteiger partial charge in [0.2, 0.25) is 20.0 Å². The van der Waals surface area contributed by atoms with E-state index in [9.17, 15) is 37.1 Å². The first kappa shape index (κ1) is 24.7. The largest absolute Gasteiger partial charge is 0.270 e. The van der Waals surface area contributed by atoms with Crippen LogP contribution in [0.3, 0.4) is 0 Å². The Bertz CT molecular complexity index is 1220. The van der Waals surface area contributed by atoms with Gasteiger partial charge < -0.3 is 0 Å². The van der Waals surface area contributed by atoms with Crippen molar-refractivity contribution in [2.75, 3.05) is 26.2 Å². The van der Waals surface area contributed by atoms with Crippen LogP contribution in [0.5, 0.6) is 0 Å². The summed E-state index contributed by atoms with van der Waals surface area (Å²) in [6.45, 7) is 2.75. The van der Waals surface area contributed by atoms with Crippen molar-refractivity contribution in [3.05, 3.63) is 67.8 Å². The van der Waals surface area contributed by atoms with Crippen molar-refractivity contribution >= 4 is 31.4 Å². The van der Waals surface area contributed by atoms with Crippen LogP contribution in [0.15, 0.2) is 46.2 Å². The Morgan fingerprint density at radius 1 is 0.697 bits per heavy atom. The molecule has 0 N–H and O–H groups in total. The van der Waals surface area contributed by atoms with Crippen LogP contribution in [0.25, 0.3) is 0 Å². The number of nitro groups is 2. The van der Waals surface area contributed by atoms with Gasteiger partial charge in [-0.2, -0.15) is 8.61 Å². The van der Waals surface area contributed by atoms with E-state index in [0.717, 1.165) is 20.7 Å². The number of hydrogen-bond donors (Lipinski definition) is 0. The maximum Gasteiger partial charge on any atom is 0.270 e. The molecule has 14 heteroatoms.